The quantitative estimate of drug-likeness (QED) is 0.0103. The fourth-order valence-corrected chi connectivity index (χ4v) is 8.17. The minimum atomic E-state index is -1.88. The Hall–Kier alpha value is -7.17. The second kappa shape index (κ2) is 61.0. The molecular weight excluding hydrogens is 1380 g/mol. The molecule has 4 radical (unpaired) electrons. The maximum absolute atomic E-state index is 14.7. The van der Waals surface area contributed by atoms with E-state index in [0.717, 1.165) is 11.6 Å². The number of hydrogen-bond acceptors (Lipinski definition) is 30. The number of hydrogen-bond donors (Lipinski definition) is 3. The summed E-state index contributed by atoms with van der Waals surface area (Å²) in [6.45, 7) is 38.4. The van der Waals surface area contributed by atoms with Crippen molar-refractivity contribution in [1.29, 1.82) is 4.35 Å². The van der Waals surface area contributed by atoms with Crippen LogP contribution in [0.25, 0.3) is 0 Å². The van der Waals surface area contributed by atoms with Gasteiger partial charge in [-0.3, -0.25) is 38.4 Å². The van der Waals surface area contributed by atoms with Crippen LogP contribution in [0.3, 0.4) is 0 Å². The van der Waals surface area contributed by atoms with Gasteiger partial charge in [0.1, 0.15) is 85.0 Å². The average Bonchev–Trinajstić information content (AvgIpc) is 0.785. The van der Waals surface area contributed by atoms with Gasteiger partial charge < -0.3 is 86.0 Å². The zero-order valence-electron chi connectivity index (χ0n) is 65.1. The number of ether oxygens (including phenoxy) is 16. The first kappa shape index (κ1) is 108. The Morgan fingerprint density at radius 3 is 1.08 bits per heavy atom. The van der Waals surface area contributed by atoms with Crippen molar-refractivity contribution in [3.8, 4) is 0 Å². The van der Waals surface area contributed by atoms with E-state index >= 15 is 0 Å². The van der Waals surface area contributed by atoms with Crippen LogP contribution in [0.1, 0.15) is 142 Å². The number of allylic oxidation sites excluding steroid dienone is 1. The molecule has 32 heteroatoms. The minimum absolute atomic E-state index is 0. The molecule has 30 nitrogen and oxygen atoms in total. The molecular formula is C72H121AlBNO29. The van der Waals surface area contributed by atoms with E-state index in [0.29, 0.717) is 43.0 Å². The third-order valence-electron chi connectivity index (χ3n) is 15.2. The molecule has 3 N–H and O–H groups in total. The Morgan fingerprint density at radius 2 is 0.721 bits per heavy atom. The number of carbonyl (C=O) groups excluding carboxylic acids is 11. The van der Waals surface area contributed by atoms with Crippen molar-refractivity contribution < 1.29 is 139 Å². The van der Waals surface area contributed by atoms with E-state index in [9.17, 15) is 57.8 Å². The second-order valence-corrected chi connectivity index (χ2v) is 25.3. The van der Waals surface area contributed by atoms with Crippen molar-refractivity contribution >= 4 is 90.2 Å². The number of nitrogens with one attached hydrogen (secondary N) is 1. The number of methoxy groups -OCH3 is 4. The predicted molar refractivity (Wildman–Crippen MR) is 384 cm³/mol. The summed E-state index contributed by atoms with van der Waals surface area (Å²) in [6, 6.07) is 0. The first-order valence-electron chi connectivity index (χ1n) is 33.4. The summed E-state index contributed by atoms with van der Waals surface area (Å²) in [7, 11) is 5.76. The van der Waals surface area contributed by atoms with Crippen molar-refractivity contribution in [3.63, 3.8) is 0 Å². The van der Waals surface area contributed by atoms with Crippen LogP contribution in [-0.2, 0) is 129 Å². The summed E-state index contributed by atoms with van der Waals surface area (Å²) in [4.78, 5) is 142. The van der Waals surface area contributed by atoms with Crippen LogP contribution in [0, 0.1) is 49.2 Å². The van der Waals surface area contributed by atoms with Crippen molar-refractivity contribution in [1.82, 2.24) is 0 Å². The summed E-state index contributed by atoms with van der Waals surface area (Å²) >= 11 is 1.67. The molecule has 0 saturated carbocycles. The van der Waals surface area contributed by atoms with Crippen molar-refractivity contribution in [2.24, 2.45) is 44.8 Å². The van der Waals surface area contributed by atoms with E-state index in [4.69, 9.17) is 71.0 Å². The van der Waals surface area contributed by atoms with Gasteiger partial charge in [0.25, 0.3) is 0 Å². The van der Waals surface area contributed by atoms with Gasteiger partial charge in [0.05, 0.1) is 84.5 Å². The summed E-state index contributed by atoms with van der Waals surface area (Å²) in [5.74, 6) is -10.8. The summed E-state index contributed by atoms with van der Waals surface area (Å²) in [5.41, 5.74) is -5.46. The monoisotopic (exact) mass is 1500 g/mol. The third kappa shape index (κ3) is 48.0. The standard InChI is InChI=1S/C49H84O20.C11H16O3.2C6H10O3.Al.B.HN/c1-15-34(37(51)62-23-20-59-12)31-48(10,43(57)65-19-18-50)33-49(11,44(58)69-29-27-67-41(55)46(6,7)17-3)32-35(38(52)63-24-21-60-13)30-36(39(53)64-25-22-61-14)47(8,9)42(56)68-28-26-66-40(54)45(4,5)16-2;1-8(2)10(5)13-6-7-14-11(12)9(3)4;1-5(2)6(8)9-4-3-7;1-3-6(7)9-5-4-8-2;;;/h34-36,50H,15-33H2,1-14H3;1,3,5-7H2,2,4H3;7H,1,3-4H2,2H3;3H,1,4-5H2,2H3;;;1H. The third-order valence-corrected chi connectivity index (χ3v) is 15.2. The van der Waals surface area contributed by atoms with Gasteiger partial charge in [-0.05, 0) is 127 Å². The van der Waals surface area contributed by atoms with Gasteiger partial charge >= 0.3 is 86.1 Å². The number of rotatable bonds is 50. The van der Waals surface area contributed by atoms with E-state index < -0.39 is 150 Å². The Kier molecular flexibility index (Phi) is 63.2. The number of esters is 11. The van der Waals surface area contributed by atoms with E-state index in [1.807, 2.05) is 13.8 Å². The van der Waals surface area contributed by atoms with Crippen LogP contribution >= 0.6 is 0 Å². The maximum atomic E-state index is 14.7. The summed E-state index contributed by atoms with van der Waals surface area (Å²) in [6.07, 6.45) is 0.634. The van der Waals surface area contributed by atoms with Crippen LogP contribution in [0.5, 0.6) is 0 Å². The van der Waals surface area contributed by atoms with Gasteiger partial charge in [0.2, 0.25) is 0 Å². The summed E-state index contributed by atoms with van der Waals surface area (Å²) < 4.78 is 88.5. The van der Waals surface area contributed by atoms with E-state index in [2.05, 4.69) is 47.1 Å². The second-order valence-electron chi connectivity index (χ2n) is 25.3. The van der Waals surface area contributed by atoms with E-state index in [1.165, 1.54) is 49.0 Å². The van der Waals surface area contributed by atoms with Gasteiger partial charge in [-0.15, -0.1) is 0 Å². The van der Waals surface area contributed by atoms with Crippen LogP contribution in [-0.4, -0.2) is 248 Å². The summed E-state index contributed by atoms with van der Waals surface area (Å²) in [5, 5.41) is 17.8. The number of aliphatic hydroxyl groups excluding tert-OH is 2. The molecule has 0 heterocycles. The molecule has 0 spiro atoms. The van der Waals surface area contributed by atoms with Gasteiger partial charge in [-0.25, -0.2) is 14.4 Å². The fourth-order valence-electron chi connectivity index (χ4n) is 8.17. The fraction of sp³-hybridized carbons (Fsp3) is 0.708. The van der Waals surface area contributed by atoms with Gasteiger partial charge in [-0.2, -0.15) is 0 Å². The SMILES string of the molecule is C=C(C)C(=C)OCCOC(=O)C(=C)C.C=C(C)C(=O)OCCO.C=CC(=O)OCCOC.CCC(CC(C)(CC(C)(CC(CC(C(=O)OCCOC)C(C)(C)C(=O)OCCOC(=O)C(C)(C)CC)C(=O)OCCOC)C(=O)OCCOC(=O)C(C)(C)CC)C(=O)OCCO)C(=O)OCCOC.[B].[NH]=[Al]. The first-order chi connectivity index (χ1) is 48.2. The first-order valence-corrected chi connectivity index (χ1v) is 34.0. The van der Waals surface area contributed by atoms with Gasteiger partial charge in [0, 0.05) is 54.1 Å². The van der Waals surface area contributed by atoms with Crippen LogP contribution in [0.15, 0.2) is 61.4 Å². The molecule has 0 amide bonds. The molecule has 5 unspecified atom stereocenters. The molecule has 0 aromatic carbocycles. The molecule has 594 valence electrons. The van der Waals surface area contributed by atoms with Gasteiger partial charge in [0.15, 0.2) is 0 Å². The topological polar surface area (TPSA) is 400 Å². The Labute approximate surface area is 626 Å². The Morgan fingerprint density at radius 1 is 0.413 bits per heavy atom. The molecule has 0 saturated heterocycles. The van der Waals surface area contributed by atoms with Crippen molar-refractivity contribution in [2.75, 3.05) is 147 Å². The van der Waals surface area contributed by atoms with Crippen molar-refractivity contribution in [2.45, 2.75) is 142 Å². The molecule has 0 aliphatic heterocycles. The van der Waals surface area contributed by atoms with E-state index in [-0.39, 0.29) is 107 Å². The zero-order valence-corrected chi connectivity index (χ0v) is 66.2. The van der Waals surface area contributed by atoms with Gasteiger partial charge in [-0.1, -0.05) is 53.7 Å². The Balaban J connectivity index is -0.000000555. The average molecular weight is 1500 g/mol. The molecule has 104 heavy (non-hydrogen) atoms. The number of aliphatic hydroxyl groups is 2. The molecule has 0 aromatic rings. The number of carbonyl (C=O) groups is 11. The van der Waals surface area contributed by atoms with Crippen LogP contribution in [0.4, 0.5) is 0 Å². The van der Waals surface area contributed by atoms with Crippen LogP contribution < -0.4 is 0 Å². The Bertz CT molecular complexity index is 2600. The molecule has 5 atom stereocenters. The molecule has 0 aromatic heterocycles. The molecule has 0 fully saturated rings. The van der Waals surface area contributed by atoms with Crippen LogP contribution in [0.2, 0.25) is 0 Å². The predicted octanol–water partition coefficient (Wildman–Crippen LogP) is 7.20. The van der Waals surface area contributed by atoms with Crippen molar-refractivity contribution in [3.05, 3.63) is 61.4 Å². The molecule has 0 aliphatic rings. The zero-order chi connectivity index (χ0) is 80.6. The molecule has 0 rings (SSSR count). The van der Waals surface area contributed by atoms with E-state index in [1.54, 1.807) is 78.6 Å². The normalized spacial score (nSPS) is 12.6. The molecule has 0 aliphatic carbocycles. The molecule has 0 bridgehead atoms.